The van der Waals surface area contributed by atoms with Crippen LogP contribution in [0.1, 0.15) is 25.2 Å². The number of imidazole rings is 1. The number of benzene rings is 1. The highest BCUT2D eigenvalue weighted by atomic mass is 79.9. The fourth-order valence-corrected chi connectivity index (χ4v) is 3.49. The topological polar surface area (TPSA) is 96.6 Å². The van der Waals surface area contributed by atoms with Gasteiger partial charge in [0.05, 0.1) is 32.2 Å². The fraction of sp³-hybridized carbons (Fsp3) is 0.450. The summed E-state index contributed by atoms with van der Waals surface area (Å²) in [6.07, 6.45) is 1.60. The molecule has 3 rings (SSSR count). The van der Waals surface area contributed by atoms with Gasteiger partial charge in [0.1, 0.15) is 11.9 Å². The maximum absolute atomic E-state index is 12.9. The predicted octanol–water partition coefficient (Wildman–Crippen LogP) is 3.12. The second-order valence-corrected chi connectivity index (χ2v) is 7.96. The molecule has 8 nitrogen and oxygen atoms in total. The van der Waals surface area contributed by atoms with Gasteiger partial charge in [-0.2, -0.15) is 0 Å². The van der Waals surface area contributed by atoms with Crippen molar-refractivity contribution in [2.45, 2.75) is 19.4 Å². The molecule has 2 amide bonds. The molecule has 0 spiro atoms. The number of hydrogen-bond donors (Lipinski definition) is 2. The van der Waals surface area contributed by atoms with Crippen molar-refractivity contribution in [2.24, 2.45) is 5.92 Å². The number of rotatable bonds is 6. The van der Waals surface area contributed by atoms with Crippen molar-refractivity contribution in [3.05, 3.63) is 40.8 Å². The van der Waals surface area contributed by atoms with Gasteiger partial charge < -0.3 is 24.7 Å². The second kappa shape index (κ2) is 9.89. The molecule has 156 valence electrons. The lowest BCUT2D eigenvalue weighted by atomic mass is 10.1. The Kier molecular flexibility index (Phi) is 7.27. The van der Waals surface area contributed by atoms with Crippen LogP contribution in [0.2, 0.25) is 0 Å². The summed E-state index contributed by atoms with van der Waals surface area (Å²) in [5.41, 5.74) is 1.91. The zero-order chi connectivity index (χ0) is 20.8. The Morgan fingerprint density at radius 3 is 2.90 bits per heavy atom. The average molecular weight is 465 g/mol. The molecule has 1 aromatic heterocycles. The van der Waals surface area contributed by atoms with Crippen LogP contribution < -0.4 is 5.32 Å². The summed E-state index contributed by atoms with van der Waals surface area (Å²) in [5.74, 6) is 0.704. The van der Waals surface area contributed by atoms with Crippen LogP contribution in [-0.2, 0) is 14.3 Å². The lowest BCUT2D eigenvalue weighted by molar-refractivity contribution is -0.141. The third-order valence-corrected chi connectivity index (χ3v) is 5.35. The number of carbonyl (C=O) groups excluding carboxylic acids is 2. The molecule has 0 bridgehead atoms. The van der Waals surface area contributed by atoms with Gasteiger partial charge in [-0.15, -0.1) is 0 Å². The quantitative estimate of drug-likeness (QED) is 0.684. The molecule has 0 saturated carbocycles. The van der Waals surface area contributed by atoms with Crippen molar-refractivity contribution in [2.75, 3.05) is 33.4 Å². The van der Waals surface area contributed by atoms with Crippen LogP contribution in [0.5, 0.6) is 0 Å². The van der Waals surface area contributed by atoms with Crippen LogP contribution in [-0.4, -0.2) is 60.3 Å². The van der Waals surface area contributed by atoms with Crippen LogP contribution >= 0.6 is 15.9 Å². The maximum atomic E-state index is 12.9. The summed E-state index contributed by atoms with van der Waals surface area (Å²) in [4.78, 5) is 33.8. The number of nitrogens with zero attached hydrogens (tertiary/aromatic N) is 2. The highest BCUT2D eigenvalue weighted by Gasteiger charge is 2.31. The molecular weight excluding hydrogens is 440 g/mol. The molecule has 2 heterocycles. The molecule has 2 aromatic rings. The van der Waals surface area contributed by atoms with E-state index in [1.54, 1.807) is 6.20 Å². The number of alkyl carbamates (subject to hydrolysis) is 1. The Morgan fingerprint density at radius 1 is 1.41 bits per heavy atom. The van der Waals surface area contributed by atoms with E-state index in [4.69, 9.17) is 4.74 Å². The number of morpholine rings is 1. The van der Waals surface area contributed by atoms with Gasteiger partial charge in [-0.25, -0.2) is 9.78 Å². The first-order valence-corrected chi connectivity index (χ1v) is 10.3. The van der Waals surface area contributed by atoms with E-state index in [0.29, 0.717) is 38.5 Å². The van der Waals surface area contributed by atoms with Gasteiger partial charge in [-0.3, -0.25) is 4.79 Å². The lowest BCUT2D eigenvalue weighted by Gasteiger charge is -2.35. The van der Waals surface area contributed by atoms with Crippen LogP contribution in [0.15, 0.2) is 34.9 Å². The number of carbonyl (C=O) groups is 2. The predicted molar refractivity (Wildman–Crippen MR) is 111 cm³/mol. The second-order valence-electron chi connectivity index (χ2n) is 7.05. The Balaban J connectivity index is 1.67. The third kappa shape index (κ3) is 5.57. The van der Waals surface area contributed by atoms with E-state index in [2.05, 4.69) is 36.0 Å². The first kappa shape index (κ1) is 21.3. The zero-order valence-corrected chi connectivity index (χ0v) is 18.1. The molecule has 2 N–H and O–H groups in total. The maximum Gasteiger partial charge on any atom is 0.406 e. The summed E-state index contributed by atoms with van der Waals surface area (Å²) in [6.45, 7) is 3.70. The Morgan fingerprint density at radius 2 is 2.17 bits per heavy atom. The van der Waals surface area contributed by atoms with E-state index < -0.39 is 6.09 Å². The first-order valence-electron chi connectivity index (χ1n) is 9.47. The van der Waals surface area contributed by atoms with Gasteiger partial charge in [0.15, 0.2) is 0 Å². The molecule has 0 aliphatic carbocycles. The first-order chi connectivity index (χ1) is 14.0. The fourth-order valence-electron chi connectivity index (χ4n) is 3.23. The van der Waals surface area contributed by atoms with Gasteiger partial charge >= 0.3 is 6.09 Å². The molecule has 0 radical (unpaired) electrons. The van der Waals surface area contributed by atoms with Crippen molar-refractivity contribution < 1.29 is 19.1 Å². The summed E-state index contributed by atoms with van der Waals surface area (Å²) in [5, 5.41) is 2.63. The molecule has 1 fully saturated rings. The van der Waals surface area contributed by atoms with Gasteiger partial charge in [-0.1, -0.05) is 35.0 Å². The highest BCUT2D eigenvalue weighted by Crippen LogP contribution is 2.27. The Hall–Kier alpha value is -2.39. The minimum Gasteiger partial charge on any atom is -0.453 e. The van der Waals surface area contributed by atoms with Crippen LogP contribution in [0.3, 0.4) is 0 Å². The molecular formula is C20H25BrN4O4. The summed E-state index contributed by atoms with van der Waals surface area (Å²) in [6, 6.07) is 7.68. The largest absolute Gasteiger partial charge is 0.453 e. The number of aromatic amines is 1. The van der Waals surface area contributed by atoms with E-state index in [1.165, 1.54) is 7.11 Å². The van der Waals surface area contributed by atoms with E-state index >= 15 is 0 Å². The van der Waals surface area contributed by atoms with E-state index in [9.17, 15) is 9.59 Å². The minimum absolute atomic E-state index is 0.0130. The van der Waals surface area contributed by atoms with Crippen molar-refractivity contribution >= 4 is 27.9 Å². The van der Waals surface area contributed by atoms with Gasteiger partial charge in [-0.05, 0) is 23.6 Å². The number of aromatic nitrogens is 2. The number of amides is 2. The number of ether oxygens (including phenoxy) is 2. The average Bonchev–Trinajstić information content (AvgIpc) is 3.22. The van der Waals surface area contributed by atoms with Gasteiger partial charge in [0.25, 0.3) is 0 Å². The van der Waals surface area contributed by atoms with Crippen molar-refractivity contribution in [3.8, 4) is 11.3 Å². The SMILES string of the molecule is COC(=O)NCC(C)CC(=O)N1CCOCC1c1ncc(-c2ccc(Br)cc2)[nH]1. The molecule has 2 atom stereocenters. The van der Waals surface area contributed by atoms with Crippen LogP contribution in [0.25, 0.3) is 11.3 Å². The Bertz CT molecular complexity index is 839. The molecule has 1 saturated heterocycles. The number of nitrogens with one attached hydrogen (secondary N) is 2. The molecule has 1 aliphatic heterocycles. The zero-order valence-electron chi connectivity index (χ0n) is 16.5. The highest BCUT2D eigenvalue weighted by molar-refractivity contribution is 9.10. The molecule has 2 unspecified atom stereocenters. The standard InChI is InChI=1S/C20H25BrN4O4/c1-13(10-23-20(27)28-2)9-18(26)25-7-8-29-12-17(25)19-22-11-16(24-19)14-3-5-15(21)6-4-14/h3-6,11,13,17H,7-10,12H2,1-2H3,(H,22,24)(H,23,27). The number of H-pyrrole nitrogens is 1. The van der Waals surface area contributed by atoms with E-state index in [0.717, 1.165) is 15.7 Å². The summed E-state index contributed by atoms with van der Waals surface area (Å²) < 4.78 is 11.2. The van der Waals surface area contributed by atoms with Crippen molar-refractivity contribution in [1.29, 1.82) is 0 Å². The van der Waals surface area contributed by atoms with Crippen molar-refractivity contribution in [3.63, 3.8) is 0 Å². The van der Waals surface area contributed by atoms with Gasteiger partial charge in [0, 0.05) is 24.0 Å². The smallest absolute Gasteiger partial charge is 0.406 e. The molecule has 1 aliphatic rings. The Labute approximate surface area is 178 Å². The van der Waals surface area contributed by atoms with Gasteiger partial charge in [0.2, 0.25) is 5.91 Å². The van der Waals surface area contributed by atoms with Crippen LogP contribution in [0, 0.1) is 5.92 Å². The number of hydrogen-bond acceptors (Lipinski definition) is 5. The number of methoxy groups -OCH3 is 1. The summed E-state index contributed by atoms with van der Waals surface area (Å²) in [7, 11) is 1.31. The molecule has 1 aromatic carbocycles. The normalized spacial score (nSPS) is 17.6. The number of halogens is 1. The monoisotopic (exact) mass is 464 g/mol. The van der Waals surface area contributed by atoms with E-state index in [1.807, 2.05) is 36.1 Å². The third-order valence-electron chi connectivity index (χ3n) is 4.82. The minimum atomic E-state index is -0.496. The molecule has 29 heavy (non-hydrogen) atoms. The summed E-state index contributed by atoms with van der Waals surface area (Å²) >= 11 is 3.44. The van der Waals surface area contributed by atoms with Crippen molar-refractivity contribution in [1.82, 2.24) is 20.2 Å². The van der Waals surface area contributed by atoms with Crippen LogP contribution in [0.4, 0.5) is 4.79 Å². The lowest BCUT2D eigenvalue weighted by Crippen LogP contribution is -2.44. The van der Waals surface area contributed by atoms with E-state index in [-0.39, 0.29) is 17.9 Å². The molecule has 9 heteroatoms.